The van der Waals surface area contributed by atoms with Gasteiger partial charge in [-0.2, -0.15) is 0 Å². The van der Waals surface area contributed by atoms with Crippen molar-refractivity contribution in [3.8, 4) is 5.75 Å². The van der Waals surface area contributed by atoms with Gasteiger partial charge in [0.15, 0.2) is 5.75 Å². The van der Waals surface area contributed by atoms with Crippen LogP contribution in [0.5, 0.6) is 5.75 Å². The molecule has 1 aromatic heterocycles. The monoisotopic (exact) mass is 308 g/mol. The number of nitrogens with zero attached hydrogens (tertiary/aromatic N) is 1. The molecule has 1 aromatic rings. The summed E-state index contributed by atoms with van der Waals surface area (Å²) >= 11 is 3.39. The maximum atomic E-state index is 5.31. The van der Waals surface area contributed by atoms with E-state index in [-0.39, 0.29) is 0 Å². The van der Waals surface area contributed by atoms with Crippen molar-refractivity contribution in [1.82, 2.24) is 10.3 Å². The maximum Gasteiger partial charge on any atom is 0.152 e. The number of nitrogens with one attached hydrogen (secondary N) is 1. The topological polar surface area (TPSA) is 34.1 Å². The number of halogens is 1. The molecule has 0 spiro atoms. The van der Waals surface area contributed by atoms with E-state index in [4.69, 9.17) is 4.74 Å². The van der Waals surface area contributed by atoms with Gasteiger partial charge in [-0.15, -0.1) is 0 Å². The molecule has 3 rings (SSSR count). The second-order valence-corrected chi connectivity index (χ2v) is 5.82. The van der Waals surface area contributed by atoms with Gasteiger partial charge >= 0.3 is 0 Å². The fourth-order valence-electron chi connectivity index (χ4n) is 2.94. The van der Waals surface area contributed by atoms with Crippen molar-refractivity contribution in [1.29, 1.82) is 0 Å². The number of hydrogen-bond donors (Lipinski definition) is 1. The standard InChI is InChI=1S/C14H17BrN2O/c1-18-13-5-12(8-17-14(13)15)9-2-3-10-6-16-7-11(10)4-9/h2,5,8,10-11,16H,3-4,6-7H2,1H3/t10-,11+/m1/s1. The third-order valence-electron chi connectivity index (χ3n) is 4.03. The SMILES string of the molecule is COc1cc(C2=CC[C@@H]3CNC[C@@H]3C2)cnc1Br. The van der Waals surface area contributed by atoms with Gasteiger partial charge in [0, 0.05) is 6.20 Å². The van der Waals surface area contributed by atoms with Crippen LogP contribution in [0.15, 0.2) is 22.9 Å². The van der Waals surface area contributed by atoms with Crippen molar-refractivity contribution in [2.45, 2.75) is 12.8 Å². The largest absolute Gasteiger partial charge is 0.494 e. The average molecular weight is 309 g/mol. The molecule has 2 aliphatic rings. The third kappa shape index (κ3) is 2.19. The van der Waals surface area contributed by atoms with E-state index < -0.39 is 0 Å². The number of ether oxygens (including phenoxy) is 1. The normalized spacial score (nSPS) is 26.7. The summed E-state index contributed by atoms with van der Waals surface area (Å²) in [6, 6.07) is 2.08. The quantitative estimate of drug-likeness (QED) is 0.853. The van der Waals surface area contributed by atoms with Crippen LogP contribution >= 0.6 is 15.9 Å². The summed E-state index contributed by atoms with van der Waals surface area (Å²) in [5, 5.41) is 3.49. The average Bonchev–Trinajstić information content (AvgIpc) is 2.86. The lowest BCUT2D eigenvalue weighted by Gasteiger charge is -2.24. The molecular formula is C14H17BrN2O. The first-order valence-corrected chi connectivity index (χ1v) is 7.17. The Morgan fingerprint density at radius 3 is 3.06 bits per heavy atom. The molecule has 96 valence electrons. The molecule has 1 N–H and O–H groups in total. The lowest BCUT2D eigenvalue weighted by atomic mass is 9.80. The molecule has 1 aliphatic carbocycles. The zero-order chi connectivity index (χ0) is 12.5. The molecule has 3 nitrogen and oxygen atoms in total. The Labute approximate surface area is 116 Å². The van der Waals surface area contributed by atoms with Gasteiger partial charge in [0.1, 0.15) is 4.60 Å². The van der Waals surface area contributed by atoms with Gasteiger partial charge in [0.25, 0.3) is 0 Å². The fourth-order valence-corrected chi connectivity index (χ4v) is 3.32. The van der Waals surface area contributed by atoms with Gasteiger partial charge < -0.3 is 10.1 Å². The summed E-state index contributed by atoms with van der Waals surface area (Å²) in [7, 11) is 1.68. The Balaban J connectivity index is 1.86. The second-order valence-electron chi connectivity index (χ2n) is 5.06. The van der Waals surface area contributed by atoms with E-state index in [2.05, 4.69) is 38.4 Å². The van der Waals surface area contributed by atoms with E-state index in [0.29, 0.717) is 0 Å². The van der Waals surface area contributed by atoms with Crippen molar-refractivity contribution in [3.63, 3.8) is 0 Å². The van der Waals surface area contributed by atoms with Crippen LogP contribution in [0.4, 0.5) is 0 Å². The molecule has 4 heteroatoms. The van der Waals surface area contributed by atoms with Crippen LogP contribution in [0, 0.1) is 11.8 Å². The van der Waals surface area contributed by atoms with Gasteiger partial charge in [-0.25, -0.2) is 4.98 Å². The minimum Gasteiger partial charge on any atom is -0.494 e. The molecule has 1 saturated heterocycles. The highest BCUT2D eigenvalue weighted by Gasteiger charge is 2.30. The predicted octanol–water partition coefficient (Wildman–Crippen LogP) is 2.87. The number of aromatic nitrogens is 1. The van der Waals surface area contributed by atoms with Crippen molar-refractivity contribution < 1.29 is 4.74 Å². The van der Waals surface area contributed by atoms with E-state index in [1.807, 2.05) is 6.20 Å². The number of fused-ring (bicyclic) bond motifs is 1. The number of pyridine rings is 1. The molecule has 2 atom stereocenters. The van der Waals surface area contributed by atoms with E-state index in [1.54, 1.807) is 7.11 Å². The highest BCUT2D eigenvalue weighted by atomic mass is 79.9. The van der Waals surface area contributed by atoms with Crippen molar-refractivity contribution in [2.75, 3.05) is 20.2 Å². The minimum atomic E-state index is 0.769. The van der Waals surface area contributed by atoms with Crippen molar-refractivity contribution >= 4 is 21.5 Å². The first-order valence-electron chi connectivity index (χ1n) is 6.37. The minimum absolute atomic E-state index is 0.769. The molecule has 2 heterocycles. The third-order valence-corrected chi connectivity index (χ3v) is 4.62. The molecule has 1 aliphatic heterocycles. The van der Waals surface area contributed by atoms with Crippen LogP contribution in [0.1, 0.15) is 18.4 Å². The first-order chi connectivity index (χ1) is 8.78. The fraction of sp³-hybridized carbons (Fsp3) is 0.500. The van der Waals surface area contributed by atoms with Gasteiger partial charge in [-0.3, -0.25) is 0 Å². The maximum absolute atomic E-state index is 5.31. The van der Waals surface area contributed by atoms with Crippen LogP contribution in [0.25, 0.3) is 5.57 Å². The summed E-state index contributed by atoms with van der Waals surface area (Å²) in [5.74, 6) is 2.43. The van der Waals surface area contributed by atoms with Crippen LogP contribution in [0.2, 0.25) is 0 Å². The van der Waals surface area contributed by atoms with Gasteiger partial charge in [0.2, 0.25) is 0 Å². The molecule has 0 aromatic carbocycles. The molecule has 18 heavy (non-hydrogen) atoms. The molecule has 0 bridgehead atoms. The molecular weight excluding hydrogens is 292 g/mol. The Kier molecular flexibility index (Phi) is 3.39. The zero-order valence-corrected chi connectivity index (χ0v) is 12.0. The van der Waals surface area contributed by atoms with Crippen LogP contribution in [-0.2, 0) is 0 Å². The van der Waals surface area contributed by atoms with E-state index in [1.165, 1.54) is 24.1 Å². The predicted molar refractivity (Wildman–Crippen MR) is 75.5 cm³/mol. The second kappa shape index (κ2) is 5.02. The Morgan fingerprint density at radius 2 is 2.22 bits per heavy atom. The van der Waals surface area contributed by atoms with Crippen LogP contribution < -0.4 is 10.1 Å². The molecule has 1 fully saturated rings. The zero-order valence-electron chi connectivity index (χ0n) is 10.4. The Bertz CT molecular complexity index is 487. The molecule has 0 unspecified atom stereocenters. The summed E-state index contributed by atoms with van der Waals surface area (Å²) in [4.78, 5) is 4.35. The summed E-state index contributed by atoms with van der Waals surface area (Å²) < 4.78 is 6.08. The van der Waals surface area contributed by atoms with Crippen LogP contribution in [0.3, 0.4) is 0 Å². The highest BCUT2D eigenvalue weighted by molar-refractivity contribution is 9.10. The highest BCUT2D eigenvalue weighted by Crippen LogP contribution is 2.37. The van der Waals surface area contributed by atoms with Gasteiger partial charge in [-0.1, -0.05) is 6.08 Å². The van der Waals surface area contributed by atoms with E-state index >= 15 is 0 Å². The lowest BCUT2D eigenvalue weighted by Crippen LogP contribution is -2.16. The number of methoxy groups -OCH3 is 1. The van der Waals surface area contributed by atoms with Crippen molar-refractivity contribution in [2.24, 2.45) is 11.8 Å². The Hall–Kier alpha value is -0.870. The molecule has 0 radical (unpaired) electrons. The Morgan fingerprint density at radius 1 is 1.39 bits per heavy atom. The summed E-state index contributed by atoms with van der Waals surface area (Å²) in [5.41, 5.74) is 2.61. The van der Waals surface area contributed by atoms with E-state index in [0.717, 1.165) is 35.2 Å². The number of allylic oxidation sites excluding steroid dienone is 2. The number of hydrogen-bond acceptors (Lipinski definition) is 3. The molecule has 0 saturated carbocycles. The van der Waals surface area contributed by atoms with E-state index in [9.17, 15) is 0 Å². The first kappa shape index (κ1) is 12.2. The lowest BCUT2D eigenvalue weighted by molar-refractivity contribution is 0.408. The van der Waals surface area contributed by atoms with Crippen LogP contribution in [-0.4, -0.2) is 25.2 Å². The molecule has 0 amide bonds. The van der Waals surface area contributed by atoms with Crippen molar-refractivity contribution in [3.05, 3.63) is 28.5 Å². The summed E-state index contributed by atoms with van der Waals surface area (Å²) in [6.07, 6.45) is 6.65. The van der Waals surface area contributed by atoms with Gasteiger partial charge in [0.05, 0.1) is 7.11 Å². The number of rotatable bonds is 2. The smallest absolute Gasteiger partial charge is 0.152 e. The van der Waals surface area contributed by atoms with Gasteiger partial charge in [-0.05, 0) is 70.9 Å². The summed E-state index contributed by atoms with van der Waals surface area (Å²) in [6.45, 7) is 2.33.